The fourth-order valence-electron chi connectivity index (χ4n) is 3.96. The second kappa shape index (κ2) is 9.02. The molecule has 30 heavy (non-hydrogen) atoms. The Labute approximate surface area is 179 Å². The molecule has 1 aromatic heterocycles. The first-order chi connectivity index (χ1) is 14.6. The van der Waals surface area contributed by atoms with E-state index in [2.05, 4.69) is 4.98 Å². The number of thioether (sulfide) groups is 1. The molecule has 3 aromatic rings. The van der Waals surface area contributed by atoms with E-state index in [4.69, 9.17) is 0 Å². The van der Waals surface area contributed by atoms with Gasteiger partial charge in [-0.25, -0.2) is 9.37 Å². The van der Waals surface area contributed by atoms with Crippen LogP contribution in [0, 0.1) is 11.7 Å². The van der Waals surface area contributed by atoms with Crippen molar-refractivity contribution < 1.29 is 14.3 Å². The Morgan fingerprint density at radius 1 is 1.20 bits per heavy atom. The predicted molar refractivity (Wildman–Crippen MR) is 115 cm³/mol. The maximum Gasteiger partial charge on any atom is 0.253 e. The number of aliphatic hydroxyl groups is 1. The molecule has 1 N–H and O–H groups in total. The van der Waals surface area contributed by atoms with Crippen LogP contribution in [0.25, 0.3) is 5.69 Å². The van der Waals surface area contributed by atoms with Gasteiger partial charge in [-0.1, -0.05) is 30.0 Å². The Bertz CT molecular complexity index is 1010. The Kier molecular flexibility index (Phi) is 6.20. The molecule has 1 unspecified atom stereocenters. The zero-order valence-electron chi connectivity index (χ0n) is 16.7. The van der Waals surface area contributed by atoms with Gasteiger partial charge in [-0.05, 0) is 60.9 Å². The average molecular weight is 426 g/mol. The summed E-state index contributed by atoms with van der Waals surface area (Å²) >= 11 is 1.55. The van der Waals surface area contributed by atoms with E-state index in [1.807, 2.05) is 46.2 Å². The highest BCUT2D eigenvalue weighted by atomic mass is 32.2. The van der Waals surface area contributed by atoms with E-state index < -0.39 is 6.10 Å². The minimum Gasteiger partial charge on any atom is -0.388 e. The molecule has 1 saturated heterocycles. The highest BCUT2D eigenvalue weighted by Crippen LogP contribution is 2.31. The van der Waals surface area contributed by atoms with Crippen molar-refractivity contribution in [2.45, 2.75) is 24.1 Å². The topological polar surface area (TPSA) is 58.4 Å². The number of likely N-dealkylation sites (tertiary alicyclic amines) is 1. The van der Waals surface area contributed by atoms with Gasteiger partial charge in [0.05, 0.1) is 6.10 Å². The van der Waals surface area contributed by atoms with Crippen LogP contribution in [-0.4, -0.2) is 44.8 Å². The normalized spacial score (nSPS) is 15.9. The van der Waals surface area contributed by atoms with Crippen LogP contribution in [0.2, 0.25) is 0 Å². The van der Waals surface area contributed by atoms with Gasteiger partial charge in [0.1, 0.15) is 5.82 Å². The van der Waals surface area contributed by atoms with Crippen LogP contribution in [-0.2, 0) is 0 Å². The summed E-state index contributed by atoms with van der Waals surface area (Å²) in [6.45, 7) is 1.18. The van der Waals surface area contributed by atoms with Crippen LogP contribution in [0.15, 0.2) is 66.1 Å². The van der Waals surface area contributed by atoms with Crippen molar-refractivity contribution >= 4 is 17.7 Å². The summed E-state index contributed by atoms with van der Waals surface area (Å²) in [7, 11) is 0. The molecular formula is C23H24FN3O2S. The lowest BCUT2D eigenvalue weighted by atomic mass is 9.87. The molecule has 1 aliphatic rings. The number of carbonyl (C=O) groups excluding carboxylic acids is 1. The van der Waals surface area contributed by atoms with Crippen molar-refractivity contribution in [1.29, 1.82) is 0 Å². The molecular weight excluding hydrogens is 401 g/mol. The number of hydrogen-bond acceptors (Lipinski definition) is 4. The Morgan fingerprint density at radius 3 is 2.63 bits per heavy atom. The molecule has 1 amide bonds. The smallest absolute Gasteiger partial charge is 0.253 e. The largest absolute Gasteiger partial charge is 0.388 e. The van der Waals surface area contributed by atoms with E-state index in [0.29, 0.717) is 31.5 Å². The minimum atomic E-state index is -0.641. The SMILES string of the molecule is CSc1nccn1-c1cccc(C(=O)N2CCC(C(O)c3ccc(F)cc3)CC2)c1. The maximum absolute atomic E-state index is 13.1. The summed E-state index contributed by atoms with van der Waals surface area (Å²) < 4.78 is 15.1. The molecule has 1 aliphatic heterocycles. The van der Waals surface area contributed by atoms with Gasteiger partial charge in [-0.15, -0.1) is 0 Å². The van der Waals surface area contributed by atoms with E-state index in [0.717, 1.165) is 16.4 Å². The summed E-state index contributed by atoms with van der Waals surface area (Å²) in [4.78, 5) is 19.2. The standard InChI is InChI=1S/C23H24FN3O2S/c1-30-23-25-11-14-27(23)20-4-2-3-18(15-20)22(29)26-12-9-17(10-13-26)21(28)16-5-7-19(24)8-6-16/h2-8,11,14-15,17,21,28H,9-10,12-13H2,1H3. The van der Waals surface area contributed by atoms with Gasteiger partial charge in [0, 0.05) is 36.7 Å². The molecule has 5 nitrogen and oxygen atoms in total. The van der Waals surface area contributed by atoms with E-state index in [1.165, 1.54) is 12.1 Å². The van der Waals surface area contributed by atoms with Crippen molar-refractivity contribution in [2.75, 3.05) is 19.3 Å². The lowest BCUT2D eigenvalue weighted by Crippen LogP contribution is -2.39. The summed E-state index contributed by atoms with van der Waals surface area (Å²) in [6.07, 6.45) is 6.38. The highest BCUT2D eigenvalue weighted by molar-refractivity contribution is 7.98. The third kappa shape index (κ3) is 4.27. The monoisotopic (exact) mass is 425 g/mol. The number of imidazole rings is 1. The number of carbonyl (C=O) groups is 1. The molecule has 0 aliphatic carbocycles. The van der Waals surface area contributed by atoms with Gasteiger partial charge in [0.25, 0.3) is 5.91 Å². The number of benzene rings is 2. The number of hydrogen-bond donors (Lipinski definition) is 1. The molecule has 4 rings (SSSR count). The number of aliphatic hydroxyl groups excluding tert-OH is 1. The fraction of sp³-hybridized carbons (Fsp3) is 0.304. The Hall–Kier alpha value is -2.64. The van der Waals surface area contributed by atoms with Crippen LogP contribution < -0.4 is 0 Å². The molecule has 2 heterocycles. The van der Waals surface area contributed by atoms with Gasteiger partial charge >= 0.3 is 0 Å². The molecule has 156 valence electrons. The highest BCUT2D eigenvalue weighted by Gasteiger charge is 2.29. The van der Waals surface area contributed by atoms with Gasteiger partial charge in [0.2, 0.25) is 0 Å². The number of halogens is 1. The van der Waals surface area contributed by atoms with E-state index in [-0.39, 0.29) is 17.6 Å². The van der Waals surface area contributed by atoms with Crippen molar-refractivity contribution in [3.05, 3.63) is 77.9 Å². The molecule has 0 bridgehead atoms. The quantitative estimate of drug-likeness (QED) is 0.619. The van der Waals surface area contributed by atoms with Crippen molar-refractivity contribution in [2.24, 2.45) is 5.92 Å². The fourth-order valence-corrected chi connectivity index (χ4v) is 4.49. The molecule has 1 atom stereocenters. The third-order valence-electron chi connectivity index (χ3n) is 5.65. The number of rotatable bonds is 5. The predicted octanol–water partition coefficient (Wildman–Crippen LogP) is 4.32. The number of aromatic nitrogens is 2. The first-order valence-electron chi connectivity index (χ1n) is 9.97. The lowest BCUT2D eigenvalue weighted by Gasteiger charge is -2.34. The molecule has 0 spiro atoms. The van der Waals surface area contributed by atoms with Crippen LogP contribution in [0.4, 0.5) is 4.39 Å². The van der Waals surface area contributed by atoms with Crippen LogP contribution in [0.3, 0.4) is 0 Å². The van der Waals surface area contributed by atoms with Crippen molar-refractivity contribution in [1.82, 2.24) is 14.5 Å². The number of piperidine rings is 1. The first kappa shape index (κ1) is 20.6. The molecule has 1 fully saturated rings. The summed E-state index contributed by atoms with van der Waals surface area (Å²) in [5.41, 5.74) is 2.27. The van der Waals surface area contributed by atoms with Crippen LogP contribution in [0.1, 0.15) is 34.9 Å². The first-order valence-corrected chi connectivity index (χ1v) is 11.2. The third-order valence-corrected chi connectivity index (χ3v) is 6.31. The zero-order valence-corrected chi connectivity index (χ0v) is 17.6. The van der Waals surface area contributed by atoms with Crippen molar-refractivity contribution in [3.63, 3.8) is 0 Å². The van der Waals surface area contributed by atoms with Gasteiger partial charge in [-0.2, -0.15) is 0 Å². The molecule has 2 aromatic carbocycles. The zero-order chi connectivity index (χ0) is 21.1. The van der Waals surface area contributed by atoms with E-state index >= 15 is 0 Å². The van der Waals surface area contributed by atoms with Crippen molar-refractivity contribution in [3.8, 4) is 5.69 Å². The average Bonchev–Trinajstić information content (AvgIpc) is 3.28. The minimum absolute atomic E-state index is 0.00242. The van der Waals surface area contributed by atoms with E-state index in [1.54, 1.807) is 30.1 Å². The summed E-state index contributed by atoms with van der Waals surface area (Å²) in [5.74, 6) is -0.257. The number of amides is 1. The summed E-state index contributed by atoms with van der Waals surface area (Å²) in [6, 6.07) is 13.6. The van der Waals surface area contributed by atoms with Crippen LogP contribution >= 0.6 is 11.8 Å². The Balaban J connectivity index is 1.42. The molecule has 0 radical (unpaired) electrons. The number of nitrogens with zero attached hydrogens (tertiary/aromatic N) is 3. The Morgan fingerprint density at radius 2 is 1.93 bits per heavy atom. The van der Waals surface area contributed by atoms with Gasteiger partial charge in [0.15, 0.2) is 5.16 Å². The van der Waals surface area contributed by atoms with E-state index in [9.17, 15) is 14.3 Å². The van der Waals surface area contributed by atoms with Gasteiger partial charge < -0.3 is 10.0 Å². The summed E-state index contributed by atoms with van der Waals surface area (Å²) in [5, 5.41) is 11.5. The second-order valence-electron chi connectivity index (χ2n) is 7.46. The molecule has 0 saturated carbocycles. The maximum atomic E-state index is 13.1. The lowest BCUT2D eigenvalue weighted by molar-refractivity contribution is 0.0462. The van der Waals surface area contributed by atoms with Crippen LogP contribution in [0.5, 0.6) is 0 Å². The molecule has 7 heteroatoms. The van der Waals surface area contributed by atoms with Gasteiger partial charge in [-0.3, -0.25) is 9.36 Å². The second-order valence-corrected chi connectivity index (χ2v) is 8.23.